The van der Waals surface area contributed by atoms with Gasteiger partial charge in [-0.3, -0.25) is 4.90 Å². The van der Waals surface area contributed by atoms with E-state index < -0.39 is 0 Å². The lowest BCUT2D eigenvalue weighted by molar-refractivity contribution is 0.118. The van der Waals surface area contributed by atoms with Crippen LogP contribution in [-0.2, 0) is 11.8 Å². The number of carbonyl (C=O) groups excluding carboxylic acids is 1. The van der Waals surface area contributed by atoms with E-state index in [0.29, 0.717) is 0 Å². The van der Waals surface area contributed by atoms with E-state index in [0.717, 1.165) is 5.69 Å². The molecule has 2 heterocycles. The van der Waals surface area contributed by atoms with Crippen molar-refractivity contribution in [3.05, 3.63) is 18.2 Å². The van der Waals surface area contributed by atoms with Gasteiger partial charge < -0.3 is 9.30 Å². The Kier molecular flexibility index (Phi) is 2.64. The van der Waals surface area contributed by atoms with E-state index in [2.05, 4.69) is 4.98 Å². The Balaban J connectivity index is 2.27. The highest BCUT2D eigenvalue weighted by molar-refractivity contribution is 5.71. The summed E-state index contributed by atoms with van der Waals surface area (Å²) in [6, 6.07) is -0.00241. The monoisotopic (exact) mass is 237 g/mol. The van der Waals surface area contributed by atoms with Gasteiger partial charge in [-0.15, -0.1) is 0 Å². The summed E-state index contributed by atoms with van der Waals surface area (Å²) in [5.74, 6) is 0. The number of rotatable bonds is 1. The molecule has 1 aliphatic heterocycles. The Morgan fingerprint density at radius 1 is 1.41 bits per heavy atom. The minimum atomic E-state index is -0.275. The normalized spacial score (nSPS) is 25.2. The zero-order valence-corrected chi connectivity index (χ0v) is 11.0. The fourth-order valence-corrected chi connectivity index (χ4v) is 2.34. The molecule has 1 fully saturated rings. The molecule has 0 bridgehead atoms. The summed E-state index contributed by atoms with van der Waals surface area (Å²) in [7, 11) is 1.90. The third-order valence-electron chi connectivity index (χ3n) is 3.01. The molecule has 1 aromatic heterocycles. The van der Waals surface area contributed by atoms with Crippen LogP contribution >= 0.6 is 0 Å². The number of aromatic nitrogens is 2. The molecule has 5 nitrogen and oxygen atoms in total. The molecule has 94 valence electrons. The maximum atomic E-state index is 11.9. The summed E-state index contributed by atoms with van der Waals surface area (Å²) >= 11 is 0. The predicted molar refractivity (Wildman–Crippen MR) is 63.5 cm³/mol. The van der Waals surface area contributed by atoms with Crippen LogP contribution in [0.15, 0.2) is 12.5 Å². The molecule has 0 N–H and O–H groups in total. The minimum absolute atomic E-state index is 0.00241. The second-order valence-electron chi connectivity index (χ2n) is 5.55. The standard InChI is InChI=1S/C12H19N3O2/c1-8-10(9-6-14(5)7-13-9)17-11(16)15(8)12(2,3)4/h6-8,10H,1-5H3/t8-,10-/m0/s1. The van der Waals surface area contributed by atoms with Crippen LogP contribution in [0.3, 0.4) is 0 Å². The zero-order valence-electron chi connectivity index (χ0n) is 11.0. The number of amides is 1. The Labute approximate surface area is 101 Å². The van der Waals surface area contributed by atoms with Crippen molar-refractivity contribution >= 4 is 6.09 Å². The van der Waals surface area contributed by atoms with E-state index in [1.807, 2.05) is 45.5 Å². The molecule has 2 atom stereocenters. The second-order valence-corrected chi connectivity index (χ2v) is 5.55. The predicted octanol–water partition coefficient (Wildman–Crippen LogP) is 2.10. The van der Waals surface area contributed by atoms with Gasteiger partial charge in [-0.1, -0.05) is 0 Å². The topological polar surface area (TPSA) is 47.4 Å². The molecule has 0 spiro atoms. The van der Waals surface area contributed by atoms with Crippen molar-refractivity contribution in [1.82, 2.24) is 14.5 Å². The Hall–Kier alpha value is -1.52. The number of nitrogens with zero attached hydrogens (tertiary/aromatic N) is 3. The number of imidazole rings is 1. The van der Waals surface area contributed by atoms with Gasteiger partial charge in [0.15, 0.2) is 6.10 Å². The second kappa shape index (κ2) is 3.75. The van der Waals surface area contributed by atoms with Gasteiger partial charge in [-0.05, 0) is 27.7 Å². The van der Waals surface area contributed by atoms with Gasteiger partial charge in [0.2, 0.25) is 0 Å². The maximum Gasteiger partial charge on any atom is 0.411 e. The van der Waals surface area contributed by atoms with Crippen LogP contribution < -0.4 is 0 Å². The average molecular weight is 237 g/mol. The SMILES string of the molecule is C[C@H]1[C@@H](c2cn(C)cn2)OC(=O)N1C(C)(C)C. The van der Waals surface area contributed by atoms with E-state index >= 15 is 0 Å². The number of aryl methyl sites for hydroxylation is 1. The van der Waals surface area contributed by atoms with Gasteiger partial charge >= 0.3 is 6.09 Å². The van der Waals surface area contributed by atoms with E-state index in [9.17, 15) is 4.79 Å². The summed E-state index contributed by atoms with van der Waals surface area (Å²) < 4.78 is 7.28. The van der Waals surface area contributed by atoms with Crippen LogP contribution in [-0.4, -0.2) is 32.1 Å². The number of hydrogen-bond acceptors (Lipinski definition) is 3. The number of hydrogen-bond donors (Lipinski definition) is 0. The van der Waals surface area contributed by atoms with Crippen molar-refractivity contribution in [2.45, 2.75) is 45.4 Å². The lowest BCUT2D eigenvalue weighted by Crippen LogP contribution is -2.46. The number of cyclic esters (lactones) is 1. The first-order valence-corrected chi connectivity index (χ1v) is 5.78. The molecular formula is C12H19N3O2. The van der Waals surface area contributed by atoms with Crippen LogP contribution in [0.2, 0.25) is 0 Å². The smallest absolute Gasteiger partial charge is 0.411 e. The first kappa shape index (κ1) is 12.0. The average Bonchev–Trinajstić information content (AvgIpc) is 2.69. The first-order valence-electron chi connectivity index (χ1n) is 5.78. The quantitative estimate of drug-likeness (QED) is 0.751. The highest BCUT2D eigenvalue weighted by Crippen LogP contribution is 2.35. The van der Waals surface area contributed by atoms with E-state index in [4.69, 9.17) is 4.74 Å². The van der Waals surface area contributed by atoms with E-state index in [1.54, 1.807) is 11.2 Å². The summed E-state index contributed by atoms with van der Waals surface area (Å²) in [6.07, 6.45) is 3.07. The number of carbonyl (C=O) groups is 1. The zero-order chi connectivity index (χ0) is 12.8. The highest BCUT2D eigenvalue weighted by Gasteiger charge is 2.45. The van der Waals surface area contributed by atoms with Crippen LogP contribution in [0, 0.1) is 0 Å². The molecule has 5 heteroatoms. The van der Waals surface area contributed by atoms with Crippen LogP contribution in [0.25, 0.3) is 0 Å². The van der Waals surface area contributed by atoms with Crippen molar-refractivity contribution < 1.29 is 9.53 Å². The molecule has 1 aliphatic rings. The summed E-state index contributed by atoms with van der Waals surface area (Å²) in [5, 5.41) is 0. The van der Waals surface area contributed by atoms with Crippen molar-refractivity contribution in [3.8, 4) is 0 Å². The van der Waals surface area contributed by atoms with Gasteiger partial charge in [0.1, 0.15) is 5.69 Å². The fourth-order valence-electron chi connectivity index (χ4n) is 2.34. The van der Waals surface area contributed by atoms with Crippen molar-refractivity contribution in [3.63, 3.8) is 0 Å². The van der Waals surface area contributed by atoms with Gasteiger partial charge in [-0.25, -0.2) is 9.78 Å². The van der Waals surface area contributed by atoms with Crippen LogP contribution in [0.4, 0.5) is 4.79 Å². The molecule has 0 aromatic carbocycles. The molecule has 17 heavy (non-hydrogen) atoms. The lowest BCUT2D eigenvalue weighted by atomic mass is 10.0. The molecule has 2 rings (SSSR count). The van der Waals surface area contributed by atoms with E-state index in [1.165, 1.54) is 0 Å². The Bertz CT molecular complexity index is 433. The maximum absolute atomic E-state index is 11.9. The van der Waals surface area contributed by atoms with Crippen LogP contribution in [0.1, 0.15) is 39.5 Å². The highest BCUT2D eigenvalue weighted by atomic mass is 16.6. The summed E-state index contributed by atoms with van der Waals surface area (Å²) in [4.78, 5) is 17.9. The lowest BCUT2D eigenvalue weighted by Gasteiger charge is -2.33. The summed E-state index contributed by atoms with van der Waals surface area (Å²) in [5.41, 5.74) is 0.570. The summed E-state index contributed by atoms with van der Waals surface area (Å²) in [6.45, 7) is 8.01. The van der Waals surface area contributed by atoms with Gasteiger partial charge in [0.05, 0.1) is 12.4 Å². The Morgan fingerprint density at radius 2 is 2.06 bits per heavy atom. The number of ether oxygens (including phenoxy) is 1. The molecule has 1 amide bonds. The third-order valence-corrected chi connectivity index (χ3v) is 3.01. The Morgan fingerprint density at radius 3 is 2.47 bits per heavy atom. The van der Waals surface area contributed by atoms with Gasteiger partial charge in [0.25, 0.3) is 0 Å². The van der Waals surface area contributed by atoms with E-state index in [-0.39, 0.29) is 23.8 Å². The minimum Gasteiger partial charge on any atom is -0.437 e. The first-order chi connectivity index (χ1) is 7.80. The largest absolute Gasteiger partial charge is 0.437 e. The van der Waals surface area contributed by atoms with Crippen molar-refractivity contribution in [2.24, 2.45) is 7.05 Å². The molecule has 0 aliphatic carbocycles. The van der Waals surface area contributed by atoms with Gasteiger partial charge in [-0.2, -0.15) is 0 Å². The fraction of sp³-hybridized carbons (Fsp3) is 0.667. The molecular weight excluding hydrogens is 218 g/mol. The van der Waals surface area contributed by atoms with Crippen molar-refractivity contribution in [2.75, 3.05) is 0 Å². The third kappa shape index (κ3) is 2.01. The molecule has 0 radical (unpaired) electrons. The van der Waals surface area contributed by atoms with Crippen molar-refractivity contribution in [1.29, 1.82) is 0 Å². The van der Waals surface area contributed by atoms with Gasteiger partial charge in [0, 0.05) is 18.8 Å². The molecule has 1 aromatic rings. The van der Waals surface area contributed by atoms with Crippen LogP contribution in [0.5, 0.6) is 0 Å². The molecule has 0 unspecified atom stereocenters. The molecule has 0 saturated carbocycles. The molecule has 1 saturated heterocycles.